The number of methoxy groups -OCH3 is 2. The fourth-order valence-corrected chi connectivity index (χ4v) is 4.84. The molecule has 2 aromatic rings. The number of hydrogen-bond donors (Lipinski definition) is 2. The van der Waals surface area contributed by atoms with Gasteiger partial charge in [-0.05, 0) is 77.9 Å². The van der Waals surface area contributed by atoms with E-state index < -0.39 is 36.5 Å². The maximum absolute atomic E-state index is 12.2. The van der Waals surface area contributed by atoms with Crippen LogP contribution in [0.5, 0.6) is 0 Å². The molecule has 2 aliphatic heterocycles. The Morgan fingerprint density at radius 2 is 1.12 bits per heavy atom. The summed E-state index contributed by atoms with van der Waals surface area (Å²) in [6.07, 6.45) is 0.458. The van der Waals surface area contributed by atoms with Crippen LogP contribution < -0.4 is 69.8 Å². The van der Waals surface area contributed by atoms with Gasteiger partial charge in [0.1, 0.15) is 11.2 Å². The number of carbonyl (C=O) groups excluding carboxylic acids is 5. The van der Waals surface area contributed by atoms with Crippen molar-refractivity contribution in [3.8, 4) is 0 Å². The Kier molecular flexibility index (Phi) is 26.9. The van der Waals surface area contributed by atoms with Gasteiger partial charge in [0.2, 0.25) is 0 Å². The molecule has 0 fully saturated rings. The standard InChI is InChI=1S/C18H23NO4.C13H21NO4.C6H7BO2.CH2O3.2Na.H/c1-18(2,3)23-17(21)19-11-10-14(13-8-6-5-7-9-13)15(12-19)16(20)22-4;1-9-6-7-14(8-10(9)11(15)17-5)12(16)18-13(2,3)4;8-7(9)6-4-2-1-3-5-6;2-1-4-3;;;/h5-9H,10-12H2,1-4H3;6-8H2,1-5H3;1-5,8-9H;1,3H;;;/q;;;;2*+1;-1/p-1. The average Bonchev–Trinajstić information content (AvgIpc) is 3.14. The summed E-state index contributed by atoms with van der Waals surface area (Å²) in [6, 6.07) is 18.4. The van der Waals surface area contributed by atoms with Gasteiger partial charge in [0, 0.05) is 13.1 Å². The first-order chi connectivity index (χ1) is 25.3. The van der Waals surface area contributed by atoms with Gasteiger partial charge in [0.25, 0.3) is 6.47 Å². The second-order valence-corrected chi connectivity index (χ2v) is 13.8. The first-order valence-corrected chi connectivity index (χ1v) is 17.0. The monoisotopic (exact) mass is 802 g/mol. The van der Waals surface area contributed by atoms with Crippen LogP contribution in [0.3, 0.4) is 0 Å². The van der Waals surface area contributed by atoms with Crippen molar-refractivity contribution in [2.45, 2.75) is 72.5 Å². The Morgan fingerprint density at radius 3 is 1.50 bits per heavy atom. The van der Waals surface area contributed by atoms with E-state index in [9.17, 15) is 19.2 Å². The second-order valence-electron chi connectivity index (χ2n) is 13.8. The van der Waals surface area contributed by atoms with Crippen molar-refractivity contribution >= 4 is 48.8 Å². The predicted molar refractivity (Wildman–Crippen MR) is 199 cm³/mol. The van der Waals surface area contributed by atoms with E-state index in [1.54, 1.807) is 29.2 Å². The third kappa shape index (κ3) is 20.8. The van der Waals surface area contributed by atoms with Crippen LogP contribution in [0.2, 0.25) is 0 Å². The van der Waals surface area contributed by atoms with Gasteiger partial charge in [0.05, 0.1) is 38.5 Å². The third-order valence-electron chi connectivity index (χ3n) is 7.39. The third-order valence-corrected chi connectivity index (χ3v) is 7.39. The van der Waals surface area contributed by atoms with Crippen molar-refractivity contribution in [3.05, 3.63) is 82.9 Å². The first kappa shape index (κ1) is 54.9. The van der Waals surface area contributed by atoms with Crippen molar-refractivity contribution in [3.63, 3.8) is 0 Å². The number of amides is 2. The van der Waals surface area contributed by atoms with Gasteiger partial charge in [0.15, 0.2) is 0 Å². The molecule has 2 N–H and O–H groups in total. The van der Waals surface area contributed by atoms with Crippen molar-refractivity contribution < 1.29 is 124 Å². The van der Waals surface area contributed by atoms with Crippen LogP contribution in [-0.4, -0.2) is 109 Å². The number of carbonyl (C=O) groups is 5. The molecule has 0 radical (unpaired) electrons. The zero-order valence-electron chi connectivity index (χ0n) is 35.5. The summed E-state index contributed by atoms with van der Waals surface area (Å²) in [5.74, 6) is -0.780. The molecule has 15 nitrogen and oxygen atoms in total. The van der Waals surface area contributed by atoms with Crippen LogP contribution >= 0.6 is 0 Å². The van der Waals surface area contributed by atoms with Crippen molar-refractivity contribution in [2.75, 3.05) is 40.4 Å². The minimum atomic E-state index is -1.34. The topological polar surface area (TPSA) is 202 Å². The number of nitrogens with zero attached hydrogens (tertiary/aromatic N) is 2. The molecule has 0 spiro atoms. The Hall–Kier alpha value is -3.19. The molecule has 18 heteroatoms. The summed E-state index contributed by atoms with van der Waals surface area (Å²) < 4.78 is 20.3. The number of rotatable bonds is 5. The van der Waals surface area contributed by atoms with Crippen LogP contribution in [0, 0.1) is 0 Å². The van der Waals surface area contributed by atoms with E-state index in [4.69, 9.17) is 39.0 Å². The van der Waals surface area contributed by atoms with Crippen LogP contribution in [-0.2, 0) is 38.2 Å². The van der Waals surface area contributed by atoms with E-state index in [-0.39, 0.29) is 86.1 Å². The molecule has 2 aromatic carbocycles. The van der Waals surface area contributed by atoms with Crippen molar-refractivity contribution in [1.29, 1.82) is 0 Å². The predicted octanol–water partition coefficient (Wildman–Crippen LogP) is -2.71. The molecule has 0 saturated heterocycles. The van der Waals surface area contributed by atoms with Crippen molar-refractivity contribution in [2.24, 2.45) is 0 Å². The zero-order chi connectivity index (χ0) is 41.1. The Balaban J connectivity index is -0.000000762. The van der Waals surface area contributed by atoms with Crippen LogP contribution in [0.15, 0.2) is 77.4 Å². The smallest absolute Gasteiger partial charge is 1.00 e. The Labute approximate surface area is 375 Å². The minimum Gasteiger partial charge on any atom is -1.00 e. The van der Waals surface area contributed by atoms with Gasteiger partial charge in [-0.2, -0.15) is 0 Å². The molecule has 0 atom stereocenters. The van der Waals surface area contributed by atoms with Gasteiger partial charge in [-0.15, -0.1) is 0 Å². The number of hydrogen-bond acceptors (Lipinski definition) is 13. The molecule has 56 heavy (non-hydrogen) atoms. The largest absolute Gasteiger partial charge is 1.00 e. The summed E-state index contributed by atoms with van der Waals surface area (Å²) in [4.78, 5) is 62.2. The fourth-order valence-electron chi connectivity index (χ4n) is 4.84. The first-order valence-electron chi connectivity index (χ1n) is 17.0. The molecule has 2 aliphatic rings. The van der Waals surface area contributed by atoms with E-state index >= 15 is 0 Å². The fraction of sp³-hybridized carbons (Fsp3) is 0.447. The van der Waals surface area contributed by atoms with Crippen molar-refractivity contribution in [1.82, 2.24) is 9.80 Å². The van der Waals surface area contributed by atoms with E-state index in [1.807, 2.05) is 84.9 Å². The molecule has 0 aromatic heterocycles. The normalized spacial score (nSPS) is 13.5. The van der Waals surface area contributed by atoms with Crippen LogP contribution in [0.4, 0.5) is 9.59 Å². The molecule has 0 unspecified atom stereocenters. The van der Waals surface area contributed by atoms with Gasteiger partial charge in [-0.3, -0.25) is 4.79 Å². The number of benzene rings is 2. The molecule has 298 valence electrons. The summed E-state index contributed by atoms with van der Waals surface area (Å²) in [5.41, 5.74) is 3.38. The van der Waals surface area contributed by atoms with Gasteiger partial charge in [-0.25, -0.2) is 19.2 Å². The molecule has 4 rings (SSSR count). The summed E-state index contributed by atoms with van der Waals surface area (Å²) in [6.45, 7) is 14.2. The molecule has 0 saturated carbocycles. The van der Waals surface area contributed by atoms with Gasteiger partial charge < -0.3 is 50.4 Å². The Morgan fingerprint density at radius 1 is 0.732 bits per heavy atom. The maximum atomic E-state index is 12.2. The molecule has 0 aliphatic carbocycles. The zero-order valence-corrected chi connectivity index (χ0v) is 38.5. The van der Waals surface area contributed by atoms with Gasteiger partial charge in [-0.1, -0.05) is 66.2 Å². The van der Waals surface area contributed by atoms with Crippen LogP contribution in [0.25, 0.3) is 5.57 Å². The average molecular weight is 803 g/mol. The quantitative estimate of drug-likeness (QED) is 0.0791. The Bertz CT molecular complexity index is 1600. The molecular weight excluding hydrogens is 749 g/mol. The van der Waals surface area contributed by atoms with E-state index in [1.165, 1.54) is 19.1 Å². The number of ether oxygens (including phenoxy) is 4. The summed E-state index contributed by atoms with van der Waals surface area (Å²) >= 11 is 0. The SMILES string of the molecule is COC(=O)C1=C(C)CCN(C(=O)OC(C)(C)C)C1.COC(=O)C1=C(c2ccccc2)CCN(C(=O)OC(C)(C)C)C1.O=CO[O-].OB(O)c1ccccc1.[H-].[Na+].[Na+]. The number of esters is 2. The van der Waals surface area contributed by atoms with Crippen LogP contribution in [0.1, 0.15) is 68.3 Å². The summed E-state index contributed by atoms with van der Waals surface area (Å²) in [5, 5.41) is 25.6. The second kappa shape index (κ2) is 27.4. The molecule has 2 heterocycles. The van der Waals surface area contributed by atoms with E-state index in [0.29, 0.717) is 42.5 Å². The van der Waals surface area contributed by atoms with Gasteiger partial charge >= 0.3 is 90.4 Å². The van der Waals surface area contributed by atoms with E-state index in [0.717, 1.165) is 16.7 Å². The molecule has 0 bridgehead atoms. The summed E-state index contributed by atoms with van der Waals surface area (Å²) in [7, 11) is 1.35. The minimum absolute atomic E-state index is 0. The molecular formula is C38H53BN2Na2O13. The maximum Gasteiger partial charge on any atom is 1.00 e. The molecule has 2 amide bonds. The van der Waals surface area contributed by atoms with E-state index in [2.05, 4.69) is 4.89 Å².